The third-order valence-corrected chi connectivity index (χ3v) is 48.5. The van der Waals surface area contributed by atoms with Gasteiger partial charge in [-0.25, -0.2) is 15.5 Å². The van der Waals surface area contributed by atoms with Crippen LogP contribution in [0.4, 0.5) is 4.39 Å². The fraction of sp³-hybridized carbons (Fsp3) is 0.624. The van der Waals surface area contributed by atoms with Crippen LogP contribution in [0.25, 0.3) is 11.1 Å². The van der Waals surface area contributed by atoms with Gasteiger partial charge in [-0.15, -0.1) is 19.7 Å². The summed E-state index contributed by atoms with van der Waals surface area (Å²) in [5.41, 5.74) is 13.9. The normalized spacial score (nSPS) is 30.0. The van der Waals surface area contributed by atoms with Gasteiger partial charge in [-0.3, -0.25) is 28.7 Å². The van der Waals surface area contributed by atoms with Crippen molar-refractivity contribution in [1.82, 2.24) is 4.98 Å². The number of cyclic esters (lactones) is 2. The van der Waals surface area contributed by atoms with Gasteiger partial charge in [0.15, 0.2) is 8.32 Å². The number of esters is 3. The molecule has 12 aliphatic rings. The van der Waals surface area contributed by atoms with Crippen molar-refractivity contribution in [2.24, 2.45) is 148 Å². The van der Waals surface area contributed by atoms with Crippen LogP contribution in [0, 0.1) is 171 Å². The SMILES string of the molecule is C=C[C@H]1[C@@H]2CCCC[C@H]2C[C@@H](CO)[C@@H]1CC.C=C[C@H]1[C@@H]2CCCC[C@H]2C[C@@H](CO[Si](C(C)C)(C(C)C)C(C)C)[C@H]1C(C)=O.C=C[C@H]1[C@@H]2CCCC[C@H]2C[C@H]2C(=O)O[C@H](C)[C@@H]12.CCOP(=O)(Cc1ccc(-c2cccc(F)c2)cn1)OCC.CC[C@H]1[C@H](COC(C)=O)C[C@@H]2CCCC[C@H]2[C@@H]1C=O.C[C@H]1OC(=O)[C@@H]2C[C@@H]3CCCC[C@H]3[C@H](C=O)[C@H]12.C[P+](c1ccccc1)(c1ccccc1)c1ccccc1.N=N.[Br-].[HH].[K+].[Li+].[OH-].[c-]1ccccc1. The first kappa shape index (κ1) is 133. The van der Waals surface area contributed by atoms with E-state index < -0.39 is 23.2 Å². The quantitative estimate of drug-likeness (QED) is 0.00631. The maximum absolute atomic E-state index is 13.2. The molecule has 12 fully saturated rings. The van der Waals surface area contributed by atoms with Crippen LogP contribution in [0.15, 0.2) is 202 Å². The van der Waals surface area contributed by atoms with Gasteiger partial charge in [0, 0.05) is 62.9 Å². The number of ketones is 1. The number of allylic oxidation sites excluding steroid dienone is 3. The smallest absolute Gasteiger partial charge is 1.00 e. The summed E-state index contributed by atoms with van der Waals surface area (Å²) >= 11 is 0. The summed E-state index contributed by atoms with van der Waals surface area (Å²) in [6.45, 7) is 46.3. The molecule has 3 heterocycles. The Hall–Kier alpha value is -5.19. The van der Waals surface area contributed by atoms with E-state index in [2.05, 4.69) is 209 Å². The maximum atomic E-state index is 13.2. The Morgan fingerprint density at radius 1 is 0.533 bits per heavy atom. The van der Waals surface area contributed by atoms with Crippen LogP contribution in [-0.4, -0.2) is 112 Å². The number of aldehydes is 2. The topological polar surface area (TPSA) is 286 Å². The standard InChI is InChI=1S/C24H44O2Si.C19H18P.C16H19FNO3P.C16H26O3.C15H22O2.C15H26O.C14H20O3.C6H5.BrH.K.Li.H2N2.H2O.H2/c1-9-22-23-13-11-10-12-20(23)14-21(24(22)19(8)25)15-26-27(16(2)3,17(4)5)18(6)7;1-20(17-11-5-2-6-12-17,18-13-7-3-8-14-18)19-15-9-4-10-16-19;1-3-20-22(19,21-4-2)12-16-9-8-14(11-18-16)13-6-5-7-15(17)10-13;1-3-14-13(10-19-11(2)18)8-12-6-4-5-7-15(12)16(14)9-17;1-3-11-12-7-5-4-6-10(12)8-13-14(11)9(2)17-15(13)16;1-3-13-12(10-16)9-11-7-5-6-8-15(11)14(13)4-2;1-8-13-11(14(16)17-8)6-9-4-2-3-5-10(9)12(13)7-15;1-2-4-6-5-3-1;;;;1-2;;/h9,16-18,20-24H,1,10-15H2,2-8H3;2-16H,1H3;5-11H,3-4,12H2,1-2H3;9,12-16H,3-8,10H2,1-2H3;3,9-14H,1,4-8H2,2H3;4,11-16H,2-3,5-10H2,1H3;7-13H,2-6H2,1H3;1-5H;1H;;;1-2H;1H2;1H/q;+1;;;;;;-1;;2*+1;;;/p-2/t20-,21-,22-,23+,24+;;;12-,13-,14-,15+,16+;9-,10+,11+,12-,13-,14+;11-,12-,13-,14+,15+;8-,9+,10-,11-,12+,13-;;;;;;;/m0..0101......./s1. The van der Waals surface area contributed by atoms with Crippen LogP contribution in [-0.2, 0) is 67.2 Å². The van der Waals surface area contributed by atoms with Crippen LogP contribution < -0.4 is 103 Å². The average molecular weight is 2200 g/mol. The number of nitrogens with zero attached hydrogens (tertiary/aromatic N) is 1. The second-order valence-electron chi connectivity index (χ2n) is 45.2. The Balaban J connectivity index is 0.000000305. The van der Waals surface area contributed by atoms with Gasteiger partial charge in [0.2, 0.25) is 0 Å². The Labute approximate surface area is 970 Å². The van der Waals surface area contributed by atoms with Crippen LogP contribution in [0.1, 0.15) is 277 Å². The molecule has 10 saturated carbocycles. The van der Waals surface area contributed by atoms with Gasteiger partial charge < -0.3 is 64.8 Å². The van der Waals surface area contributed by atoms with Crippen molar-refractivity contribution in [2.45, 2.75) is 305 Å². The third kappa shape index (κ3) is 34.7. The summed E-state index contributed by atoms with van der Waals surface area (Å²) in [6.07, 6.45) is 44.4. The molecule has 25 heteroatoms. The first-order valence-corrected chi connectivity index (χ1v) is 62.4. The minimum Gasteiger partial charge on any atom is -1.00 e. The molecular weight excluding hydrogens is 2020 g/mol. The van der Waals surface area contributed by atoms with Crippen molar-refractivity contribution in [1.29, 1.82) is 11.1 Å². The van der Waals surface area contributed by atoms with Gasteiger partial charge >= 0.3 is 95.7 Å². The summed E-state index contributed by atoms with van der Waals surface area (Å²) in [5.74, 6) is 11.8. The number of nitrogens with one attached hydrogen (secondary N) is 2. The molecule has 2 saturated heterocycles. The van der Waals surface area contributed by atoms with Crippen LogP contribution in [0.2, 0.25) is 16.6 Å². The molecule has 10 aliphatic carbocycles. The predicted octanol–water partition coefficient (Wildman–Crippen LogP) is 20.7. The summed E-state index contributed by atoms with van der Waals surface area (Å²) < 4.78 is 59.2. The number of aliphatic hydroxyl groups excluding tert-OH is 1. The van der Waals surface area contributed by atoms with Crippen molar-refractivity contribution in [3.63, 3.8) is 0 Å². The molecular formula is C125H185BrFKLiN3O15P2Si. The van der Waals surface area contributed by atoms with Crippen molar-refractivity contribution >= 4 is 75.4 Å². The zero-order valence-electron chi connectivity index (χ0n) is 94.1. The summed E-state index contributed by atoms with van der Waals surface area (Å²) in [7, 11) is -6.57. The van der Waals surface area contributed by atoms with Gasteiger partial charge in [0.25, 0.3) is 0 Å². The average Bonchev–Trinajstić information content (AvgIpc) is 1.62. The predicted molar refractivity (Wildman–Crippen MR) is 599 cm³/mol. The summed E-state index contributed by atoms with van der Waals surface area (Å²) in [6, 6.07) is 55.0. The number of benzene rings is 5. The third-order valence-electron chi connectivity index (χ3n) is 36.4. The number of ether oxygens (including phenoxy) is 3. The minimum absolute atomic E-state index is 0. The molecule has 0 radical (unpaired) electrons. The molecule has 1 aromatic heterocycles. The first-order chi connectivity index (χ1) is 70.5. The Morgan fingerprint density at radius 2 is 0.920 bits per heavy atom. The molecule has 27 atom stereocenters. The van der Waals surface area contributed by atoms with Crippen LogP contribution >= 0.6 is 14.9 Å². The van der Waals surface area contributed by atoms with Crippen LogP contribution in [0.3, 0.4) is 0 Å². The van der Waals surface area contributed by atoms with E-state index in [1.165, 1.54) is 183 Å². The van der Waals surface area contributed by atoms with Gasteiger partial charge in [0.05, 0.1) is 50.2 Å². The Kier molecular flexibility index (Phi) is 59.8. The number of hydrogen-bond acceptors (Lipinski definition) is 18. The molecule has 0 spiro atoms. The van der Waals surface area contributed by atoms with E-state index in [9.17, 15) is 42.8 Å². The van der Waals surface area contributed by atoms with Crippen molar-refractivity contribution in [3.8, 4) is 11.1 Å². The van der Waals surface area contributed by atoms with E-state index in [1.54, 1.807) is 39.1 Å². The molecule has 4 N–H and O–H groups in total. The van der Waals surface area contributed by atoms with Crippen molar-refractivity contribution < 1.29 is 165 Å². The minimum atomic E-state index is -3.16. The van der Waals surface area contributed by atoms with Crippen molar-refractivity contribution in [2.75, 3.05) is 39.7 Å². The van der Waals surface area contributed by atoms with E-state index in [0.717, 1.165) is 85.7 Å². The van der Waals surface area contributed by atoms with E-state index in [0.29, 0.717) is 137 Å². The van der Waals surface area contributed by atoms with Crippen LogP contribution in [0.5, 0.6) is 0 Å². The van der Waals surface area contributed by atoms with E-state index >= 15 is 0 Å². The fourth-order valence-electron chi connectivity index (χ4n) is 30.0. The first-order valence-electron chi connectivity index (χ1n) is 56.3. The zero-order chi connectivity index (χ0) is 106. The molecule has 0 unspecified atom stereocenters. The molecule has 0 bridgehead atoms. The fourth-order valence-corrected chi connectivity index (χ4v) is 40.4. The molecule has 2 aliphatic heterocycles. The summed E-state index contributed by atoms with van der Waals surface area (Å²) in [4.78, 5) is 74.7. The van der Waals surface area contributed by atoms with Gasteiger partial charge in [-0.05, 0) is 282 Å². The molecule has 6 aromatic rings. The van der Waals surface area contributed by atoms with E-state index in [4.69, 9.17) is 38.7 Å². The maximum Gasteiger partial charge on any atom is 1.00 e. The Morgan fingerprint density at radius 3 is 1.29 bits per heavy atom. The molecule has 150 heavy (non-hydrogen) atoms. The number of halogens is 2. The monoisotopic (exact) mass is 2200 g/mol. The number of aliphatic hydroxyl groups is 1. The number of hydrogen-bond donors (Lipinski definition) is 3. The number of carbonyl (C=O) groups excluding carboxylic acids is 6. The van der Waals surface area contributed by atoms with E-state index in [1.807, 2.05) is 49.4 Å². The second kappa shape index (κ2) is 67.3. The number of aromatic nitrogens is 1. The van der Waals surface area contributed by atoms with Crippen molar-refractivity contribution in [3.05, 3.63) is 219 Å². The molecule has 820 valence electrons. The van der Waals surface area contributed by atoms with Gasteiger partial charge in [-0.2, -0.15) is 36.4 Å². The molecule has 0 amide bonds. The molecule has 18 rings (SSSR count). The molecule has 5 aromatic carbocycles. The number of carbonyl (C=O) groups is 6. The number of Topliss-reactive ketones (excluding diaryl/α,β-unsaturated/α-hetero) is 1. The number of fused-ring (bicyclic) bond motifs is 7. The number of rotatable bonds is 27. The number of pyridine rings is 1. The summed E-state index contributed by atoms with van der Waals surface area (Å²) in [5, 5.41) is 13.8. The Bertz CT molecular complexity index is 4790. The molecule has 18 nitrogen and oxygen atoms in total. The van der Waals surface area contributed by atoms with Gasteiger partial charge in [0.1, 0.15) is 59.6 Å². The largest absolute Gasteiger partial charge is 1.00 e. The van der Waals surface area contributed by atoms with Gasteiger partial charge in [-0.1, -0.05) is 256 Å². The zero-order valence-corrected chi connectivity index (χ0v) is 102. The van der Waals surface area contributed by atoms with E-state index in [-0.39, 0.29) is 172 Å². The second-order valence-corrected chi connectivity index (χ2v) is 56.2.